The zero-order valence-corrected chi connectivity index (χ0v) is 18.5. The van der Waals surface area contributed by atoms with E-state index in [0.29, 0.717) is 30.3 Å². The first kappa shape index (κ1) is 25.0. The highest BCUT2D eigenvalue weighted by Crippen LogP contribution is 2.15. The fraction of sp³-hybridized carbons (Fsp3) is 0.375. The zero-order valence-electron chi connectivity index (χ0n) is 18.5. The van der Waals surface area contributed by atoms with E-state index in [9.17, 15) is 28.3 Å². The van der Waals surface area contributed by atoms with Crippen molar-refractivity contribution in [3.8, 4) is 0 Å². The molecule has 0 aliphatic carbocycles. The highest BCUT2D eigenvalue weighted by atomic mass is 19.1. The van der Waals surface area contributed by atoms with Gasteiger partial charge in [0.15, 0.2) is 0 Å². The van der Waals surface area contributed by atoms with Crippen molar-refractivity contribution in [2.45, 2.75) is 46.1 Å². The van der Waals surface area contributed by atoms with Crippen LogP contribution in [0.2, 0.25) is 0 Å². The molecule has 0 aliphatic rings. The molecule has 0 fully saturated rings. The molecule has 2 N–H and O–H groups in total. The van der Waals surface area contributed by atoms with E-state index in [1.54, 1.807) is 24.0 Å². The summed E-state index contributed by atoms with van der Waals surface area (Å²) in [7, 11) is 0. The first-order valence-electron chi connectivity index (χ1n) is 10.5. The first-order chi connectivity index (χ1) is 15.1. The van der Waals surface area contributed by atoms with Crippen molar-refractivity contribution in [1.29, 1.82) is 0 Å². The number of hydrogen-bond acceptors (Lipinski definition) is 3. The summed E-state index contributed by atoms with van der Waals surface area (Å²) in [4.78, 5) is 39.1. The number of carboxylic acid groups (broad SMARTS) is 1. The molecule has 32 heavy (non-hydrogen) atoms. The summed E-state index contributed by atoms with van der Waals surface area (Å²) in [6.45, 7) is 6.87. The van der Waals surface area contributed by atoms with Crippen molar-refractivity contribution < 1.29 is 28.3 Å². The second kappa shape index (κ2) is 11.4. The molecule has 0 saturated carbocycles. The van der Waals surface area contributed by atoms with E-state index >= 15 is 0 Å². The Labute approximate surface area is 186 Å². The molecule has 0 unspecified atom stereocenters. The van der Waals surface area contributed by atoms with Crippen molar-refractivity contribution in [3.05, 3.63) is 70.3 Å². The van der Waals surface area contributed by atoms with Crippen LogP contribution in [0.4, 0.5) is 8.78 Å². The number of nitrogens with one attached hydrogen (secondary N) is 1. The molecule has 0 bridgehead atoms. The van der Waals surface area contributed by atoms with Gasteiger partial charge in [-0.05, 0) is 61.2 Å². The van der Waals surface area contributed by atoms with Crippen LogP contribution in [-0.4, -0.2) is 46.9 Å². The molecule has 8 heteroatoms. The summed E-state index contributed by atoms with van der Waals surface area (Å²) >= 11 is 0. The average molecular weight is 446 g/mol. The predicted molar refractivity (Wildman–Crippen MR) is 117 cm³/mol. The van der Waals surface area contributed by atoms with Gasteiger partial charge in [0.05, 0.1) is 0 Å². The molecule has 0 aromatic heterocycles. The van der Waals surface area contributed by atoms with Gasteiger partial charge in [-0.2, -0.15) is 0 Å². The van der Waals surface area contributed by atoms with E-state index in [0.717, 1.165) is 25.0 Å². The Morgan fingerprint density at radius 2 is 1.50 bits per heavy atom. The maximum Gasteiger partial charge on any atom is 0.326 e. The number of carboxylic acids is 1. The number of carbonyl (C=O) groups excluding carboxylic acids is 2. The molecular formula is C24H28F2N2O4. The second-order valence-corrected chi connectivity index (χ2v) is 7.73. The molecule has 2 aromatic carbocycles. The topological polar surface area (TPSA) is 86.7 Å². The Morgan fingerprint density at radius 3 is 2.03 bits per heavy atom. The minimum Gasteiger partial charge on any atom is -0.480 e. The summed E-state index contributed by atoms with van der Waals surface area (Å²) < 4.78 is 26.9. The Hall–Kier alpha value is -3.29. The summed E-state index contributed by atoms with van der Waals surface area (Å²) in [5.74, 6) is -3.90. The van der Waals surface area contributed by atoms with E-state index in [4.69, 9.17) is 0 Å². The van der Waals surface area contributed by atoms with Gasteiger partial charge in [-0.3, -0.25) is 9.59 Å². The fourth-order valence-corrected chi connectivity index (χ4v) is 3.48. The standard InChI is InChI=1S/C24H28F2N2O4/c1-4-6-28(7-5-2)23(30)18-9-15(3)8-17(13-18)22(29)27-21(24(31)32)12-16-10-19(25)14-20(26)11-16/h8-11,13-14,21H,4-7,12H2,1-3H3,(H,27,29)(H,31,32)/t21-/m0/s1. The van der Waals surface area contributed by atoms with Crippen molar-refractivity contribution in [2.24, 2.45) is 0 Å². The normalized spacial score (nSPS) is 11.7. The number of halogens is 2. The molecule has 0 heterocycles. The van der Waals surface area contributed by atoms with Gasteiger partial charge in [0, 0.05) is 36.7 Å². The quantitative estimate of drug-likeness (QED) is 0.578. The molecule has 2 rings (SSSR count). The van der Waals surface area contributed by atoms with Crippen molar-refractivity contribution in [3.63, 3.8) is 0 Å². The maximum absolute atomic E-state index is 13.4. The number of rotatable bonds is 10. The lowest BCUT2D eigenvalue weighted by Gasteiger charge is -2.22. The van der Waals surface area contributed by atoms with Crippen LogP contribution in [0.15, 0.2) is 36.4 Å². The third kappa shape index (κ3) is 6.87. The molecule has 1 atom stereocenters. The number of aliphatic carboxylic acids is 1. The molecule has 2 amide bonds. The number of aryl methyl sites for hydroxylation is 1. The number of carbonyl (C=O) groups is 3. The molecule has 0 saturated heterocycles. The van der Waals surface area contributed by atoms with Crippen LogP contribution in [0.5, 0.6) is 0 Å². The van der Waals surface area contributed by atoms with Crippen LogP contribution in [-0.2, 0) is 11.2 Å². The van der Waals surface area contributed by atoms with Gasteiger partial charge in [0.2, 0.25) is 0 Å². The Morgan fingerprint density at radius 1 is 0.938 bits per heavy atom. The van der Waals surface area contributed by atoms with E-state index in [1.165, 1.54) is 6.07 Å². The van der Waals surface area contributed by atoms with E-state index < -0.39 is 29.6 Å². The van der Waals surface area contributed by atoms with Gasteiger partial charge in [-0.1, -0.05) is 13.8 Å². The number of hydrogen-bond donors (Lipinski definition) is 2. The summed E-state index contributed by atoms with van der Waals surface area (Å²) in [6.07, 6.45) is 1.30. The molecule has 0 radical (unpaired) electrons. The second-order valence-electron chi connectivity index (χ2n) is 7.73. The van der Waals surface area contributed by atoms with Crippen LogP contribution in [0.25, 0.3) is 0 Å². The Balaban J connectivity index is 2.25. The predicted octanol–water partition coefficient (Wildman–Crippen LogP) is 3.96. The smallest absolute Gasteiger partial charge is 0.326 e. The van der Waals surface area contributed by atoms with Crippen LogP contribution >= 0.6 is 0 Å². The SMILES string of the molecule is CCCN(CCC)C(=O)c1cc(C)cc(C(=O)N[C@@H](Cc2cc(F)cc(F)c2)C(=O)O)c1. The summed E-state index contributed by atoms with van der Waals surface area (Å²) in [5.41, 5.74) is 1.26. The highest BCUT2D eigenvalue weighted by Gasteiger charge is 2.23. The van der Waals surface area contributed by atoms with E-state index in [-0.39, 0.29) is 23.5 Å². The van der Waals surface area contributed by atoms with Gasteiger partial charge in [0.25, 0.3) is 11.8 Å². The average Bonchev–Trinajstić information content (AvgIpc) is 2.71. The summed E-state index contributed by atoms with van der Waals surface area (Å²) in [6, 6.07) is 5.99. The molecule has 0 aliphatic heterocycles. The molecule has 172 valence electrons. The van der Waals surface area contributed by atoms with Crippen LogP contribution in [0.1, 0.15) is 58.5 Å². The monoisotopic (exact) mass is 446 g/mol. The Kier molecular flexibility index (Phi) is 8.87. The lowest BCUT2D eigenvalue weighted by atomic mass is 10.0. The largest absolute Gasteiger partial charge is 0.480 e. The lowest BCUT2D eigenvalue weighted by molar-refractivity contribution is -0.139. The van der Waals surface area contributed by atoms with Gasteiger partial charge in [-0.25, -0.2) is 13.6 Å². The third-order valence-electron chi connectivity index (χ3n) is 4.83. The van der Waals surface area contributed by atoms with Gasteiger partial charge < -0.3 is 15.3 Å². The van der Waals surface area contributed by atoms with Gasteiger partial charge >= 0.3 is 5.97 Å². The molecule has 6 nitrogen and oxygen atoms in total. The number of amides is 2. The van der Waals surface area contributed by atoms with Crippen molar-refractivity contribution >= 4 is 17.8 Å². The molecule has 2 aromatic rings. The van der Waals surface area contributed by atoms with Gasteiger partial charge in [-0.15, -0.1) is 0 Å². The molecule has 0 spiro atoms. The van der Waals surface area contributed by atoms with E-state index in [2.05, 4.69) is 5.32 Å². The van der Waals surface area contributed by atoms with Gasteiger partial charge in [0.1, 0.15) is 17.7 Å². The maximum atomic E-state index is 13.4. The lowest BCUT2D eigenvalue weighted by Crippen LogP contribution is -2.42. The van der Waals surface area contributed by atoms with Crippen molar-refractivity contribution in [1.82, 2.24) is 10.2 Å². The first-order valence-corrected chi connectivity index (χ1v) is 10.5. The number of benzene rings is 2. The number of nitrogens with zero attached hydrogens (tertiary/aromatic N) is 1. The van der Waals surface area contributed by atoms with Crippen LogP contribution in [0.3, 0.4) is 0 Å². The Bertz CT molecular complexity index is 968. The third-order valence-corrected chi connectivity index (χ3v) is 4.83. The highest BCUT2D eigenvalue weighted by molar-refractivity contribution is 6.01. The minimum absolute atomic E-state index is 0.102. The van der Waals surface area contributed by atoms with Crippen molar-refractivity contribution in [2.75, 3.05) is 13.1 Å². The minimum atomic E-state index is -1.40. The fourth-order valence-electron chi connectivity index (χ4n) is 3.48. The molecular weight excluding hydrogens is 418 g/mol. The van der Waals surface area contributed by atoms with E-state index in [1.807, 2.05) is 13.8 Å². The van der Waals surface area contributed by atoms with Crippen LogP contribution in [0, 0.1) is 18.6 Å². The summed E-state index contributed by atoms with van der Waals surface area (Å²) in [5, 5.41) is 11.9. The van der Waals surface area contributed by atoms with Crippen LogP contribution < -0.4 is 5.32 Å². The zero-order chi connectivity index (χ0) is 23.8.